The van der Waals surface area contributed by atoms with Crippen molar-refractivity contribution >= 4 is 29.7 Å². The molecular formula is C26H34N2O10. The third-order valence-corrected chi connectivity index (χ3v) is 5.53. The van der Waals surface area contributed by atoms with Crippen molar-refractivity contribution in [2.75, 3.05) is 13.1 Å². The summed E-state index contributed by atoms with van der Waals surface area (Å²) in [6.45, 7) is 5.15. The summed E-state index contributed by atoms with van der Waals surface area (Å²) in [5.41, 5.74) is 1.36. The summed E-state index contributed by atoms with van der Waals surface area (Å²) in [5, 5.41) is 21.9. The first-order valence-corrected chi connectivity index (χ1v) is 12.4. The third kappa shape index (κ3) is 9.27. The summed E-state index contributed by atoms with van der Waals surface area (Å²) < 4.78 is 16.4. The van der Waals surface area contributed by atoms with Crippen molar-refractivity contribution in [3.8, 4) is 5.75 Å². The number of aliphatic hydroxyl groups excluding tert-OH is 1. The van der Waals surface area contributed by atoms with E-state index in [1.165, 1.54) is 6.92 Å². The van der Waals surface area contributed by atoms with E-state index in [0.717, 1.165) is 22.6 Å². The maximum absolute atomic E-state index is 12.0. The lowest BCUT2D eigenvalue weighted by Gasteiger charge is -2.31. The summed E-state index contributed by atoms with van der Waals surface area (Å²) in [4.78, 5) is 58.5. The normalized spacial score (nSPS) is 20.4. The van der Waals surface area contributed by atoms with E-state index in [9.17, 15) is 34.2 Å². The van der Waals surface area contributed by atoms with Crippen LogP contribution in [0.2, 0.25) is 0 Å². The molecule has 3 N–H and O–H groups in total. The second kappa shape index (κ2) is 14.8. The zero-order valence-electron chi connectivity index (χ0n) is 21.7. The van der Waals surface area contributed by atoms with Crippen molar-refractivity contribution in [1.29, 1.82) is 0 Å². The van der Waals surface area contributed by atoms with Gasteiger partial charge in [-0.25, -0.2) is 4.79 Å². The summed E-state index contributed by atoms with van der Waals surface area (Å²) in [7, 11) is 0. The zero-order chi connectivity index (χ0) is 28.2. The van der Waals surface area contributed by atoms with Gasteiger partial charge in [0.05, 0.1) is 6.10 Å². The highest BCUT2D eigenvalue weighted by Gasteiger charge is 2.34. The van der Waals surface area contributed by atoms with Gasteiger partial charge in [0.2, 0.25) is 12.2 Å². The molecule has 3 unspecified atom stereocenters. The monoisotopic (exact) mass is 534 g/mol. The van der Waals surface area contributed by atoms with Gasteiger partial charge in [-0.2, -0.15) is 0 Å². The number of benzene rings is 1. The van der Waals surface area contributed by atoms with Crippen LogP contribution in [0.3, 0.4) is 0 Å². The SMILES string of the molecule is CC.CC(=O)OCc1ccc(CCCNC(=O)CN2C(=O)C=CC2=O)cc1OC1CC(O)CC(C(=O)O)O1. The Bertz CT molecular complexity index is 1040. The number of esters is 1. The van der Waals surface area contributed by atoms with Crippen molar-refractivity contribution in [2.24, 2.45) is 0 Å². The van der Waals surface area contributed by atoms with Gasteiger partial charge in [0.25, 0.3) is 11.8 Å². The fourth-order valence-electron chi connectivity index (χ4n) is 3.71. The van der Waals surface area contributed by atoms with E-state index < -0.39 is 48.2 Å². The van der Waals surface area contributed by atoms with Crippen molar-refractivity contribution in [2.45, 2.75) is 71.6 Å². The summed E-state index contributed by atoms with van der Waals surface area (Å²) in [6, 6.07) is 5.21. The number of hydrogen-bond donors (Lipinski definition) is 3. The van der Waals surface area contributed by atoms with Crippen LogP contribution in [-0.4, -0.2) is 76.4 Å². The molecule has 12 heteroatoms. The van der Waals surface area contributed by atoms with E-state index in [2.05, 4.69) is 5.32 Å². The predicted molar refractivity (Wildman–Crippen MR) is 133 cm³/mol. The minimum absolute atomic E-state index is 0.0438. The highest BCUT2D eigenvalue weighted by molar-refractivity contribution is 6.14. The van der Waals surface area contributed by atoms with Crippen LogP contribution in [-0.2, 0) is 46.5 Å². The standard InChI is InChI=1S/C24H28N2O10.C2H6/c1-14(27)34-13-16-5-4-15(3-2-8-25-20(29)12-26-21(30)6-7-22(26)31)9-18(16)35-23-11-17(28)10-19(36-23)24(32)33;1-2/h4-7,9,17,19,23,28H,2-3,8,10-13H2,1H3,(H,25,29)(H,32,33);1-2H3. The number of aliphatic hydroxyl groups is 1. The number of aliphatic carboxylic acids is 1. The van der Waals surface area contributed by atoms with Crippen LogP contribution in [0, 0.1) is 0 Å². The Morgan fingerprint density at radius 1 is 1.13 bits per heavy atom. The number of rotatable bonds is 11. The lowest BCUT2D eigenvalue weighted by atomic mass is 10.0. The molecule has 1 fully saturated rings. The Labute approximate surface area is 220 Å². The number of carbonyl (C=O) groups is 5. The largest absolute Gasteiger partial charge is 0.479 e. The van der Waals surface area contributed by atoms with Gasteiger partial charge in [0.1, 0.15) is 18.9 Å². The summed E-state index contributed by atoms with van der Waals surface area (Å²) >= 11 is 0. The number of nitrogens with zero attached hydrogens (tertiary/aromatic N) is 1. The first-order chi connectivity index (χ1) is 18.1. The molecule has 3 amide bonds. The molecule has 1 saturated heterocycles. The lowest BCUT2D eigenvalue weighted by Crippen LogP contribution is -2.42. The van der Waals surface area contributed by atoms with E-state index in [1.807, 2.05) is 13.8 Å². The number of amides is 3. The number of ether oxygens (including phenoxy) is 3. The molecule has 38 heavy (non-hydrogen) atoms. The Morgan fingerprint density at radius 3 is 2.45 bits per heavy atom. The van der Waals surface area contributed by atoms with E-state index in [4.69, 9.17) is 14.2 Å². The molecule has 0 aliphatic carbocycles. The number of carboxylic acid groups (broad SMARTS) is 1. The molecule has 1 aromatic rings. The molecule has 2 heterocycles. The molecule has 2 aliphatic rings. The zero-order valence-corrected chi connectivity index (χ0v) is 21.7. The molecule has 0 spiro atoms. The van der Waals surface area contributed by atoms with Crippen LogP contribution >= 0.6 is 0 Å². The van der Waals surface area contributed by atoms with E-state index >= 15 is 0 Å². The van der Waals surface area contributed by atoms with E-state index in [0.29, 0.717) is 30.7 Å². The van der Waals surface area contributed by atoms with Gasteiger partial charge in [-0.3, -0.25) is 24.1 Å². The van der Waals surface area contributed by atoms with Crippen LogP contribution in [0.5, 0.6) is 5.75 Å². The molecule has 0 saturated carbocycles. The topological polar surface area (TPSA) is 169 Å². The molecule has 2 aliphatic heterocycles. The van der Waals surface area contributed by atoms with Gasteiger partial charge >= 0.3 is 11.9 Å². The second-order valence-electron chi connectivity index (χ2n) is 8.41. The number of carboxylic acids is 1. The fourth-order valence-corrected chi connectivity index (χ4v) is 3.71. The Morgan fingerprint density at radius 2 is 1.82 bits per heavy atom. The second-order valence-corrected chi connectivity index (χ2v) is 8.41. The number of imide groups is 1. The van der Waals surface area contributed by atoms with Crippen LogP contribution < -0.4 is 10.1 Å². The Kier molecular flexibility index (Phi) is 11.9. The first-order valence-electron chi connectivity index (χ1n) is 12.4. The highest BCUT2D eigenvalue weighted by atomic mass is 16.7. The molecule has 1 aromatic carbocycles. The maximum Gasteiger partial charge on any atom is 0.333 e. The third-order valence-electron chi connectivity index (χ3n) is 5.53. The summed E-state index contributed by atoms with van der Waals surface area (Å²) in [5.74, 6) is -2.87. The minimum atomic E-state index is -1.20. The van der Waals surface area contributed by atoms with Crippen molar-refractivity contribution in [3.05, 3.63) is 41.5 Å². The average Bonchev–Trinajstić information content (AvgIpc) is 3.19. The van der Waals surface area contributed by atoms with Crippen LogP contribution in [0.25, 0.3) is 0 Å². The van der Waals surface area contributed by atoms with E-state index in [-0.39, 0.29) is 26.0 Å². The molecule has 0 bridgehead atoms. The molecular weight excluding hydrogens is 500 g/mol. The molecule has 12 nitrogen and oxygen atoms in total. The maximum atomic E-state index is 12.0. The molecule has 0 aromatic heterocycles. The predicted octanol–water partition coefficient (Wildman–Crippen LogP) is 1.08. The number of hydrogen-bond acceptors (Lipinski definition) is 9. The smallest absolute Gasteiger partial charge is 0.333 e. The van der Waals surface area contributed by atoms with E-state index in [1.54, 1.807) is 18.2 Å². The number of carbonyl (C=O) groups excluding carboxylic acids is 4. The highest BCUT2D eigenvalue weighted by Crippen LogP contribution is 2.28. The van der Waals surface area contributed by atoms with Crippen molar-refractivity contribution in [3.63, 3.8) is 0 Å². The van der Waals surface area contributed by atoms with Crippen LogP contribution in [0.4, 0.5) is 0 Å². The Hall–Kier alpha value is -3.77. The number of nitrogens with one attached hydrogen (secondary N) is 1. The van der Waals surface area contributed by atoms with Gasteiger partial charge < -0.3 is 29.7 Å². The van der Waals surface area contributed by atoms with Gasteiger partial charge in [-0.05, 0) is 24.5 Å². The van der Waals surface area contributed by atoms with Crippen LogP contribution in [0.15, 0.2) is 30.4 Å². The minimum Gasteiger partial charge on any atom is -0.479 e. The summed E-state index contributed by atoms with van der Waals surface area (Å²) in [6.07, 6.45) is 0.199. The van der Waals surface area contributed by atoms with Gasteiger partial charge in [0.15, 0.2) is 6.10 Å². The van der Waals surface area contributed by atoms with Gasteiger partial charge in [0, 0.05) is 44.0 Å². The Balaban J connectivity index is 0.00000247. The molecule has 3 atom stereocenters. The van der Waals surface area contributed by atoms with Crippen molar-refractivity contribution < 1.29 is 48.4 Å². The van der Waals surface area contributed by atoms with Crippen LogP contribution in [0.1, 0.15) is 51.2 Å². The molecule has 208 valence electrons. The molecule has 3 rings (SSSR count). The van der Waals surface area contributed by atoms with Gasteiger partial charge in [-0.15, -0.1) is 0 Å². The van der Waals surface area contributed by atoms with Gasteiger partial charge in [-0.1, -0.05) is 26.0 Å². The fraction of sp³-hybridized carbons (Fsp3) is 0.500. The van der Waals surface area contributed by atoms with Crippen molar-refractivity contribution in [1.82, 2.24) is 10.2 Å². The average molecular weight is 535 g/mol. The molecule has 0 radical (unpaired) electrons. The first kappa shape index (κ1) is 30.5. The number of aryl methyl sites for hydroxylation is 1. The lowest BCUT2D eigenvalue weighted by molar-refractivity contribution is -0.195. The quantitative estimate of drug-likeness (QED) is 0.212.